The summed E-state index contributed by atoms with van der Waals surface area (Å²) >= 11 is 0. The van der Waals surface area contributed by atoms with Crippen LogP contribution < -0.4 is 5.73 Å². The van der Waals surface area contributed by atoms with E-state index in [1.807, 2.05) is 131 Å². The first-order chi connectivity index (χ1) is 30.0. The lowest BCUT2D eigenvalue weighted by Crippen LogP contribution is -2.19. The zero-order valence-corrected chi connectivity index (χ0v) is 35.7. The van der Waals surface area contributed by atoms with Crippen LogP contribution in [-0.2, 0) is 23.7 Å². The molecule has 1 aromatic heterocycles. The summed E-state index contributed by atoms with van der Waals surface area (Å²) in [6, 6.07) is 61.4. The first kappa shape index (κ1) is 47.5. The molecule has 0 unspecified atom stereocenters. The molecule has 0 aliphatic heterocycles. The second-order valence-electron chi connectivity index (χ2n) is 13.3. The Hall–Kier alpha value is -6.13. The highest BCUT2D eigenvalue weighted by Gasteiger charge is 2.13. The maximum absolute atomic E-state index is 10.0. The fraction of sp³-hybridized carbons (Fsp3) is 0.226. The highest BCUT2D eigenvalue weighted by Crippen LogP contribution is 2.27. The first-order valence-electron chi connectivity index (χ1n) is 20.8. The predicted molar refractivity (Wildman–Crippen MR) is 251 cm³/mol. The van der Waals surface area contributed by atoms with Gasteiger partial charge in [0.05, 0.1) is 24.0 Å². The number of fused-ring (bicyclic) bond motifs is 1. The van der Waals surface area contributed by atoms with E-state index in [4.69, 9.17) is 29.7 Å². The molecule has 0 spiro atoms. The quantitative estimate of drug-likeness (QED) is 0.0588. The summed E-state index contributed by atoms with van der Waals surface area (Å²) < 4.78 is 20.7. The van der Waals surface area contributed by atoms with E-state index in [1.165, 1.54) is 16.3 Å². The molecule has 2 N–H and O–H groups in total. The topological polar surface area (TPSA) is 105 Å². The van der Waals surface area contributed by atoms with E-state index in [2.05, 4.69) is 89.9 Å². The molecule has 0 fully saturated rings. The molecule has 7 rings (SSSR count). The maximum atomic E-state index is 10.0. The van der Waals surface area contributed by atoms with Crippen LogP contribution in [0.15, 0.2) is 193 Å². The predicted octanol–water partition coefficient (Wildman–Crippen LogP) is 11.6. The maximum Gasteiger partial charge on any atom is 1.00 e. The number of hydrogen-bond donors (Lipinski definition) is 1. The summed E-state index contributed by atoms with van der Waals surface area (Å²) in [5.74, 6) is 0. The Labute approximate surface area is 363 Å². The lowest BCUT2D eigenvalue weighted by Gasteiger charge is -2.16. The van der Waals surface area contributed by atoms with Gasteiger partial charge in [-0.3, -0.25) is 14.8 Å². The van der Waals surface area contributed by atoms with Crippen molar-refractivity contribution < 1.29 is 25.2 Å². The van der Waals surface area contributed by atoms with Gasteiger partial charge in [0.25, 0.3) is 0 Å². The van der Waals surface area contributed by atoms with Crippen LogP contribution in [0.1, 0.15) is 63.5 Å². The number of rotatable bonds is 16. The molecule has 0 bridgehead atoms. The number of aromatic nitrogens is 1. The Morgan fingerprint density at radius 1 is 0.525 bits per heavy atom. The molecule has 1 heterocycles. The fourth-order valence-corrected chi connectivity index (χ4v) is 6.17. The van der Waals surface area contributed by atoms with Crippen LogP contribution in [0.4, 0.5) is 0 Å². The number of ether oxygens (including phenoxy) is 4. The first-order valence-corrected chi connectivity index (χ1v) is 20.8. The lowest BCUT2D eigenvalue weighted by atomic mass is 9.99. The van der Waals surface area contributed by atoms with Crippen LogP contribution in [0, 0.1) is 0 Å². The van der Waals surface area contributed by atoms with Crippen LogP contribution in [0.3, 0.4) is 0 Å². The van der Waals surface area contributed by atoms with E-state index in [-0.39, 0.29) is 13.5 Å². The van der Waals surface area contributed by atoms with Crippen LogP contribution in [0.25, 0.3) is 22.0 Å². The van der Waals surface area contributed by atoms with E-state index >= 15 is 0 Å². The van der Waals surface area contributed by atoms with Gasteiger partial charge in [0.15, 0.2) is 12.6 Å². The van der Waals surface area contributed by atoms with Gasteiger partial charge < -0.3 is 24.7 Å². The molecule has 0 atom stereocenters. The van der Waals surface area contributed by atoms with Gasteiger partial charge in [0, 0.05) is 43.6 Å². The largest absolute Gasteiger partial charge is 1.00 e. The molecule has 0 aliphatic rings. The van der Waals surface area contributed by atoms with E-state index < -0.39 is 12.6 Å². The average molecular weight is 819 g/mol. The standard InChI is InChI=1S/C19H23NO2.C15H11N.C13H13N.C6H12O3/c1-3-21-18(22-4-2)15-20-19(16-11-7-5-8-12-16)17-13-9-6-10-14-17;1-2-7-13(8-3-1)15-14-9-5-4-6-12(14)10-11-16-15;14-13(11-7-3-1-4-8-11)12-9-5-2-6-10-12;1-3-8-6(5-7)9-4-2/h5-15,18-19H,3-4H2,1-2H3;1-11H;1-10,13H,14H2;5-6H,3-4H2,1-2H3/p+1. The number of nitrogens with zero attached hydrogens (tertiary/aromatic N) is 2. The third-order valence-electron chi connectivity index (χ3n) is 9.06. The number of aliphatic imine (C=N–C) groups is 1. The zero-order valence-electron chi connectivity index (χ0n) is 36.7. The second kappa shape index (κ2) is 28.4. The number of pyridine rings is 1. The highest BCUT2D eigenvalue weighted by atomic mass is 16.7. The molecule has 61 heavy (non-hydrogen) atoms. The fourth-order valence-electron chi connectivity index (χ4n) is 6.17. The molecule has 316 valence electrons. The van der Waals surface area contributed by atoms with Gasteiger partial charge in [-0.15, -0.1) is 0 Å². The third-order valence-corrected chi connectivity index (χ3v) is 9.06. The number of hydrogen-bond acceptors (Lipinski definition) is 8. The van der Waals surface area contributed by atoms with Crippen molar-refractivity contribution in [3.8, 4) is 11.3 Å². The van der Waals surface area contributed by atoms with Gasteiger partial charge >= 0.3 is 1.43 Å². The molecule has 0 amide bonds. The van der Waals surface area contributed by atoms with Gasteiger partial charge in [0.1, 0.15) is 0 Å². The van der Waals surface area contributed by atoms with Crippen molar-refractivity contribution in [1.29, 1.82) is 0 Å². The van der Waals surface area contributed by atoms with Crippen LogP contribution in [0.5, 0.6) is 0 Å². The van der Waals surface area contributed by atoms with Crippen molar-refractivity contribution in [2.45, 2.75) is 52.4 Å². The normalized spacial score (nSPS) is 10.8. The summed E-state index contributed by atoms with van der Waals surface area (Å²) in [6.45, 7) is 9.73. The number of aldehydes is 1. The minimum Gasteiger partial charge on any atom is -0.348 e. The smallest absolute Gasteiger partial charge is 0.348 e. The van der Waals surface area contributed by atoms with Crippen molar-refractivity contribution in [2.75, 3.05) is 26.4 Å². The average Bonchev–Trinajstić information content (AvgIpc) is 3.33. The minimum atomic E-state index is -0.667. The highest BCUT2D eigenvalue weighted by molar-refractivity contribution is 5.94. The van der Waals surface area contributed by atoms with Crippen LogP contribution in [-0.4, -0.2) is 56.5 Å². The molecule has 0 aliphatic carbocycles. The molecular formula is C53H60N3O5+. The van der Waals surface area contributed by atoms with Crippen molar-refractivity contribution in [3.05, 3.63) is 210 Å². The molecule has 7 aromatic rings. The summed E-state index contributed by atoms with van der Waals surface area (Å²) in [6.07, 6.45) is 3.21. The van der Waals surface area contributed by atoms with E-state index in [0.717, 1.165) is 27.9 Å². The van der Waals surface area contributed by atoms with E-state index in [1.54, 1.807) is 6.21 Å². The number of carbonyl (C=O) groups excluding carboxylic acids is 1. The molecular weight excluding hydrogens is 759 g/mol. The molecule has 8 heteroatoms. The van der Waals surface area contributed by atoms with Crippen molar-refractivity contribution in [1.82, 2.24) is 4.98 Å². The van der Waals surface area contributed by atoms with Gasteiger partial charge in [0.2, 0.25) is 6.29 Å². The SMILES string of the molecule is CCOC(C=NC(c1ccccc1)c1ccccc1)OCC.CCOC(C=O)OCC.NC(c1ccccc1)c1ccccc1.[H+].c1ccc(-c2nccc3ccccc23)cc1. The van der Waals surface area contributed by atoms with Gasteiger partial charge in [-0.1, -0.05) is 176 Å². The Kier molecular flexibility index (Phi) is 22.1. The van der Waals surface area contributed by atoms with Gasteiger partial charge in [-0.25, -0.2) is 0 Å². The van der Waals surface area contributed by atoms with E-state index in [9.17, 15) is 4.79 Å². The van der Waals surface area contributed by atoms with Crippen LogP contribution >= 0.6 is 0 Å². The Morgan fingerprint density at radius 3 is 1.36 bits per heavy atom. The zero-order chi connectivity index (χ0) is 43.3. The third kappa shape index (κ3) is 16.4. The minimum absolute atomic E-state index is 0. The molecule has 0 saturated carbocycles. The Balaban J connectivity index is 0.000000229. The van der Waals surface area contributed by atoms with Crippen molar-refractivity contribution in [2.24, 2.45) is 10.7 Å². The van der Waals surface area contributed by atoms with Gasteiger partial charge in [-0.2, -0.15) is 0 Å². The van der Waals surface area contributed by atoms with Crippen LogP contribution in [0.2, 0.25) is 0 Å². The van der Waals surface area contributed by atoms with Gasteiger partial charge in [-0.05, 0) is 61.4 Å². The monoisotopic (exact) mass is 818 g/mol. The molecule has 0 radical (unpaired) electrons. The summed E-state index contributed by atoms with van der Waals surface area (Å²) in [7, 11) is 0. The lowest BCUT2D eigenvalue weighted by molar-refractivity contribution is -0.155. The molecule has 0 saturated heterocycles. The Morgan fingerprint density at radius 2 is 0.918 bits per heavy atom. The number of nitrogens with two attached hydrogens (primary N) is 1. The summed E-state index contributed by atoms with van der Waals surface area (Å²) in [5.41, 5.74) is 12.9. The number of benzene rings is 6. The Bertz CT molecular complexity index is 2120. The molecule has 8 nitrogen and oxygen atoms in total. The van der Waals surface area contributed by atoms with E-state index in [0.29, 0.717) is 32.7 Å². The summed E-state index contributed by atoms with van der Waals surface area (Å²) in [4.78, 5) is 19.2. The number of carbonyl (C=O) groups is 1. The van der Waals surface area contributed by atoms with Crippen molar-refractivity contribution in [3.63, 3.8) is 0 Å². The van der Waals surface area contributed by atoms with Crippen molar-refractivity contribution >= 4 is 23.3 Å². The molecule has 6 aromatic carbocycles. The summed E-state index contributed by atoms with van der Waals surface area (Å²) in [5, 5.41) is 2.44. The second-order valence-corrected chi connectivity index (χ2v) is 13.3.